The molecular formula is C22H19F2N5O5S. The maximum Gasteiger partial charge on any atom is 0.265 e. The third kappa shape index (κ3) is 4.71. The normalized spacial score (nSPS) is 11.5. The van der Waals surface area contributed by atoms with Gasteiger partial charge in [-0.3, -0.25) is 14.3 Å². The Morgan fingerprint density at radius 1 is 1.23 bits per heavy atom. The van der Waals surface area contributed by atoms with Gasteiger partial charge in [-0.2, -0.15) is 0 Å². The van der Waals surface area contributed by atoms with Crippen molar-refractivity contribution in [2.75, 3.05) is 10.5 Å². The van der Waals surface area contributed by atoms with Crippen molar-refractivity contribution < 1.29 is 26.7 Å². The molecule has 0 spiro atoms. The SMILES string of the molecule is CCS(=O)(=O)Nc1cnc(Oc2ccc(F)cc2F)c(-c2cn(C)c(=O)c3cc(C(N)=O)[nH]c23)c1. The molecule has 4 aromatic rings. The lowest BCUT2D eigenvalue weighted by molar-refractivity contribution is 0.0996. The van der Waals surface area contributed by atoms with Crippen molar-refractivity contribution in [3.63, 3.8) is 0 Å². The van der Waals surface area contributed by atoms with Gasteiger partial charge in [0.1, 0.15) is 11.5 Å². The van der Waals surface area contributed by atoms with Gasteiger partial charge in [-0.15, -0.1) is 0 Å². The first kappa shape index (κ1) is 23.9. The number of hydrogen-bond acceptors (Lipinski definition) is 6. The van der Waals surface area contributed by atoms with Crippen LogP contribution in [0.1, 0.15) is 17.4 Å². The molecule has 4 rings (SSSR count). The smallest absolute Gasteiger partial charge is 0.265 e. The average Bonchev–Trinajstić information content (AvgIpc) is 3.25. The molecule has 35 heavy (non-hydrogen) atoms. The Labute approximate surface area is 197 Å². The van der Waals surface area contributed by atoms with E-state index in [1.807, 2.05) is 0 Å². The van der Waals surface area contributed by atoms with Gasteiger partial charge in [0.05, 0.1) is 34.1 Å². The van der Waals surface area contributed by atoms with Crippen molar-refractivity contribution in [2.24, 2.45) is 12.8 Å². The number of amides is 1. The lowest BCUT2D eigenvalue weighted by Gasteiger charge is -2.15. The molecular weight excluding hydrogens is 484 g/mol. The molecule has 1 amide bonds. The summed E-state index contributed by atoms with van der Waals surface area (Å²) < 4.78 is 61.1. The highest BCUT2D eigenvalue weighted by Gasteiger charge is 2.21. The molecule has 0 aliphatic carbocycles. The van der Waals surface area contributed by atoms with E-state index in [0.29, 0.717) is 6.07 Å². The predicted molar refractivity (Wildman–Crippen MR) is 125 cm³/mol. The number of aromatic amines is 1. The van der Waals surface area contributed by atoms with Crippen molar-refractivity contribution in [3.05, 3.63) is 70.4 Å². The lowest BCUT2D eigenvalue weighted by atomic mass is 10.1. The molecule has 0 bridgehead atoms. The number of halogens is 2. The van der Waals surface area contributed by atoms with Crippen LogP contribution in [0.15, 0.2) is 47.5 Å². The number of nitrogens with one attached hydrogen (secondary N) is 2. The van der Waals surface area contributed by atoms with Crippen LogP contribution in [0.5, 0.6) is 11.6 Å². The maximum atomic E-state index is 14.3. The second-order valence-corrected chi connectivity index (χ2v) is 9.56. The highest BCUT2D eigenvalue weighted by atomic mass is 32.2. The van der Waals surface area contributed by atoms with Gasteiger partial charge in [0.25, 0.3) is 11.5 Å². The van der Waals surface area contributed by atoms with Crippen LogP contribution in [0.25, 0.3) is 22.0 Å². The molecule has 182 valence electrons. The van der Waals surface area contributed by atoms with E-state index in [1.54, 1.807) is 0 Å². The number of nitrogens with zero attached hydrogens (tertiary/aromatic N) is 2. The number of ether oxygens (including phenoxy) is 1. The first-order chi connectivity index (χ1) is 16.5. The Morgan fingerprint density at radius 2 is 1.97 bits per heavy atom. The van der Waals surface area contributed by atoms with Crippen molar-refractivity contribution in [1.82, 2.24) is 14.5 Å². The zero-order valence-electron chi connectivity index (χ0n) is 18.4. The minimum absolute atomic E-state index is 0.0348. The third-order valence-electron chi connectivity index (χ3n) is 5.12. The molecule has 4 N–H and O–H groups in total. The number of sulfonamides is 1. The third-order valence-corrected chi connectivity index (χ3v) is 6.43. The fourth-order valence-electron chi connectivity index (χ4n) is 3.38. The molecule has 3 aromatic heterocycles. The number of rotatable bonds is 7. The summed E-state index contributed by atoms with van der Waals surface area (Å²) in [5.41, 5.74) is 5.57. The van der Waals surface area contributed by atoms with Crippen molar-refractivity contribution in [1.29, 1.82) is 0 Å². The number of carbonyl (C=O) groups is 1. The van der Waals surface area contributed by atoms with Crippen LogP contribution in [-0.2, 0) is 17.1 Å². The molecule has 13 heteroatoms. The quantitative estimate of drug-likeness (QED) is 0.353. The minimum Gasteiger partial charge on any atom is -0.435 e. The standard InChI is InChI=1S/C22H19F2N5O5S/c1-3-35(32,33)28-12-7-13(21(26-9-12)34-18-5-4-11(23)6-16(18)24)15-10-29(2)22(31)14-8-17(20(25)30)27-19(14)15/h4-10,27-28H,3H2,1-2H3,(H2,25,30). The van der Waals surface area contributed by atoms with Crippen molar-refractivity contribution >= 4 is 32.5 Å². The van der Waals surface area contributed by atoms with Crippen LogP contribution in [-0.4, -0.2) is 34.6 Å². The highest BCUT2D eigenvalue weighted by molar-refractivity contribution is 7.92. The summed E-state index contributed by atoms with van der Waals surface area (Å²) in [6.07, 6.45) is 2.57. The van der Waals surface area contributed by atoms with Gasteiger partial charge in [-0.1, -0.05) is 0 Å². The van der Waals surface area contributed by atoms with E-state index in [2.05, 4.69) is 14.7 Å². The van der Waals surface area contributed by atoms with Gasteiger partial charge in [0.2, 0.25) is 15.9 Å². The second kappa shape index (κ2) is 8.83. The summed E-state index contributed by atoms with van der Waals surface area (Å²) in [5, 5.41) is 0.122. The first-order valence-electron chi connectivity index (χ1n) is 10.1. The monoisotopic (exact) mass is 503 g/mol. The van der Waals surface area contributed by atoms with E-state index >= 15 is 0 Å². The van der Waals surface area contributed by atoms with E-state index in [1.165, 1.54) is 36.9 Å². The summed E-state index contributed by atoms with van der Waals surface area (Å²) in [7, 11) is -2.20. The Morgan fingerprint density at radius 3 is 2.63 bits per heavy atom. The number of hydrogen-bond donors (Lipinski definition) is 3. The number of primary amides is 1. The Balaban J connectivity index is 1.98. The Bertz CT molecular complexity index is 1650. The van der Waals surface area contributed by atoms with Gasteiger partial charge in [-0.25, -0.2) is 22.2 Å². The van der Waals surface area contributed by atoms with Crippen LogP contribution in [0, 0.1) is 11.6 Å². The maximum absolute atomic E-state index is 14.3. The van der Waals surface area contributed by atoms with Crippen LogP contribution in [0.2, 0.25) is 0 Å². The Hall–Kier alpha value is -4.26. The van der Waals surface area contributed by atoms with E-state index in [4.69, 9.17) is 10.5 Å². The number of anilines is 1. The minimum atomic E-state index is -3.68. The van der Waals surface area contributed by atoms with Crippen LogP contribution < -0.4 is 20.8 Å². The number of aryl methyl sites for hydroxylation is 1. The molecule has 0 aliphatic rings. The molecule has 10 nitrogen and oxygen atoms in total. The second-order valence-electron chi connectivity index (χ2n) is 7.55. The zero-order valence-corrected chi connectivity index (χ0v) is 19.2. The van der Waals surface area contributed by atoms with Crippen LogP contribution in [0.4, 0.5) is 14.5 Å². The Kier molecular flexibility index (Phi) is 6.03. The van der Waals surface area contributed by atoms with Crippen LogP contribution in [0.3, 0.4) is 0 Å². The van der Waals surface area contributed by atoms with Gasteiger partial charge in [0, 0.05) is 24.9 Å². The number of H-pyrrole nitrogens is 1. The number of fused-ring (bicyclic) bond motifs is 1. The highest BCUT2D eigenvalue weighted by Crippen LogP contribution is 2.37. The molecule has 0 radical (unpaired) electrons. The fourth-order valence-corrected chi connectivity index (χ4v) is 3.99. The lowest BCUT2D eigenvalue weighted by Crippen LogP contribution is -2.16. The predicted octanol–water partition coefficient (Wildman–Crippen LogP) is 2.86. The summed E-state index contributed by atoms with van der Waals surface area (Å²) in [6, 6.07) is 5.37. The van der Waals surface area contributed by atoms with Gasteiger partial charge < -0.3 is 20.0 Å². The van der Waals surface area contributed by atoms with Gasteiger partial charge >= 0.3 is 0 Å². The number of benzene rings is 1. The van der Waals surface area contributed by atoms with Crippen molar-refractivity contribution in [3.8, 4) is 22.8 Å². The topological polar surface area (TPSA) is 149 Å². The van der Waals surface area contributed by atoms with E-state index in [9.17, 15) is 26.8 Å². The van der Waals surface area contributed by atoms with E-state index in [-0.39, 0.29) is 50.8 Å². The van der Waals surface area contributed by atoms with E-state index in [0.717, 1.165) is 18.3 Å². The molecule has 0 aliphatic heterocycles. The van der Waals surface area contributed by atoms with Gasteiger partial charge in [-0.05, 0) is 31.2 Å². The summed E-state index contributed by atoms with van der Waals surface area (Å²) in [6.45, 7) is 1.45. The molecule has 0 fully saturated rings. The van der Waals surface area contributed by atoms with Crippen molar-refractivity contribution in [2.45, 2.75) is 6.92 Å². The molecule has 1 aromatic carbocycles. The zero-order chi connectivity index (χ0) is 25.5. The number of nitrogens with two attached hydrogens (primary N) is 1. The van der Waals surface area contributed by atoms with E-state index < -0.39 is 33.1 Å². The molecule has 0 atom stereocenters. The number of pyridine rings is 2. The largest absolute Gasteiger partial charge is 0.435 e. The average molecular weight is 503 g/mol. The molecule has 0 unspecified atom stereocenters. The first-order valence-corrected chi connectivity index (χ1v) is 11.8. The molecule has 0 saturated heterocycles. The van der Waals surface area contributed by atoms with Crippen LogP contribution >= 0.6 is 0 Å². The molecule has 3 heterocycles. The fraction of sp³-hybridized carbons (Fsp3) is 0.136. The van der Waals surface area contributed by atoms with Gasteiger partial charge in [0.15, 0.2) is 11.6 Å². The number of aromatic nitrogens is 3. The summed E-state index contributed by atoms with van der Waals surface area (Å²) >= 11 is 0. The summed E-state index contributed by atoms with van der Waals surface area (Å²) in [4.78, 5) is 31.3. The molecule has 0 saturated carbocycles. The number of carbonyl (C=O) groups excluding carboxylic acids is 1. The summed E-state index contributed by atoms with van der Waals surface area (Å²) in [5.74, 6) is -3.32.